The lowest BCUT2D eigenvalue weighted by atomic mass is 9.94. The van der Waals surface area contributed by atoms with E-state index in [-0.39, 0.29) is 13.2 Å². The van der Waals surface area contributed by atoms with E-state index in [1.807, 2.05) is 48.5 Å². The monoisotopic (exact) mass is 534 g/mol. The van der Waals surface area contributed by atoms with Crippen molar-refractivity contribution in [3.8, 4) is 23.0 Å². The summed E-state index contributed by atoms with van der Waals surface area (Å²) in [4.78, 5) is 25.3. The van der Waals surface area contributed by atoms with Crippen molar-refractivity contribution in [1.29, 1.82) is 0 Å². The molecule has 0 fully saturated rings. The summed E-state index contributed by atoms with van der Waals surface area (Å²) in [6, 6.07) is 31.5. The summed E-state index contributed by atoms with van der Waals surface area (Å²) in [5.74, 6) is 1.06. The molecule has 0 amide bonds. The van der Waals surface area contributed by atoms with E-state index in [0.717, 1.165) is 46.4 Å². The average molecular weight is 535 g/mol. The van der Waals surface area contributed by atoms with E-state index in [4.69, 9.17) is 18.9 Å². The third-order valence-electron chi connectivity index (χ3n) is 6.46. The highest BCUT2D eigenvalue weighted by atomic mass is 16.6. The van der Waals surface area contributed by atoms with E-state index in [2.05, 4.69) is 13.0 Å². The molecule has 0 saturated carbocycles. The van der Waals surface area contributed by atoms with Gasteiger partial charge in [-0.25, -0.2) is 9.59 Å². The second-order valence-electron chi connectivity index (χ2n) is 9.30. The van der Waals surface area contributed by atoms with Crippen LogP contribution in [0.25, 0.3) is 21.5 Å². The fraction of sp³-hybridized carbons (Fsp3) is 0.176. The summed E-state index contributed by atoms with van der Waals surface area (Å²) in [6.07, 6.45) is 2.84. The number of unbranched alkanes of at least 4 members (excludes halogenated alkanes) is 1. The van der Waals surface area contributed by atoms with E-state index in [9.17, 15) is 9.59 Å². The normalized spacial score (nSPS) is 10.8. The van der Waals surface area contributed by atoms with E-state index >= 15 is 0 Å². The summed E-state index contributed by atoms with van der Waals surface area (Å²) in [5.41, 5.74) is 1.08. The smallest absolute Gasteiger partial charge is 0.349 e. The Morgan fingerprint density at radius 2 is 1.07 bits per heavy atom. The number of carbonyl (C=O) groups is 2. The van der Waals surface area contributed by atoms with Gasteiger partial charge in [-0.15, -0.1) is 0 Å². The van der Waals surface area contributed by atoms with Gasteiger partial charge in [0.15, 0.2) is 13.2 Å². The number of para-hydroxylation sites is 2. The maximum Gasteiger partial charge on any atom is 0.349 e. The highest BCUT2D eigenvalue weighted by molar-refractivity contribution is 6.12. The van der Waals surface area contributed by atoms with Gasteiger partial charge in [-0.05, 0) is 42.7 Å². The van der Waals surface area contributed by atoms with Gasteiger partial charge < -0.3 is 18.9 Å². The maximum absolute atomic E-state index is 12.7. The summed E-state index contributed by atoms with van der Waals surface area (Å²) < 4.78 is 23.3. The summed E-state index contributed by atoms with van der Waals surface area (Å²) in [6.45, 7) is 1.61. The molecule has 0 aliphatic carbocycles. The standard InChI is InChI=1S/C34H30O6/c1-2-3-13-24-14-12-21-29-32(24)34(38-23-31(36)40-26-17-8-5-9-18-26)28-20-11-10-19-27(28)33(29)37-22-30(35)39-25-15-6-4-7-16-25/h4-12,14-21H,2-3,13,22-23H2,1H3. The van der Waals surface area contributed by atoms with E-state index in [1.165, 1.54) is 0 Å². The first-order chi connectivity index (χ1) is 19.6. The van der Waals surface area contributed by atoms with Crippen LogP contribution in [0.5, 0.6) is 23.0 Å². The predicted octanol–water partition coefficient (Wildman–Crippen LogP) is 7.30. The number of carbonyl (C=O) groups excluding carboxylic acids is 2. The van der Waals surface area contributed by atoms with Crippen LogP contribution in [0.3, 0.4) is 0 Å². The molecule has 0 saturated heterocycles. The van der Waals surface area contributed by atoms with E-state index in [1.54, 1.807) is 48.5 Å². The number of ether oxygens (including phenoxy) is 4. The lowest BCUT2D eigenvalue weighted by Gasteiger charge is -2.19. The van der Waals surface area contributed by atoms with Gasteiger partial charge in [0.05, 0.1) is 0 Å². The van der Waals surface area contributed by atoms with Crippen molar-refractivity contribution < 1.29 is 28.5 Å². The molecule has 0 aliphatic heterocycles. The molecular formula is C34H30O6. The molecule has 0 bridgehead atoms. The number of hydrogen-bond acceptors (Lipinski definition) is 6. The van der Waals surface area contributed by atoms with Crippen LogP contribution < -0.4 is 18.9 Å². The van der Waals surface area contributed by atoms with Crippen molar-refractivity contribution in [2.75, 3.05) is 13.2 Å². The first-order valence-electron chi connectivity index (χ1n) is 13.4. The molecule has 5 rings (SSSR count). The van der Waals surface area contributed by atoms with Gasteiger partial charge in [0, 0.05) is 21.5 Å². The Hall–Kier alpha value is -4.84. The van der Waals surface area contributed by atoms with Gasteiger partial charge in [0.1, 0.15) is 23.0 Å². The zero-order valence-electron chi connectivity index (χ0n) is 22.3. The third-order valence-corrected chi connectivity index (χ3v) is 6.46. The van der Waals surface area contributed by atoms with Crippen LogP contribution in [0.1, 0.15) is 25.3 Å². The highest BCUT2D eigenvalue weighted by Crippen LogP contribution is 2.44. The van der Waals surface area contributed by atoms with Crippen LogP contribution in [0.4, 0.5) is 0 Å². The molecule has 0 heterocycles. The number of fused-ring (bicyclic) bond motifs is 2. The molecule has 202 valence electrons. The van der Waals surface area contributed by atoms with Crippen molar-refractivity contribution in [2.24, 2.45) is 0 Å². The van der Waals surface area contributed by atoms with Crippen LogP contribution in [0, 0.1) is 0 Å². The first kappa shape index (κ1) is 26.8. The fourth-order valence-electron chi connectivity index (χ4n) is 4.66. The molecule has 40 heavy (non-hydrogen) atoms. The van der Waals surface area contributed by atoms with E-state index < -0.39 is 11.9 Å². The Balaban J connectivity index is 1.51. The lowest BCUT2D eigenvalue weighted by molar-refractivity contribution is -0.137. The summed E-state index contributed by atoms with van der Waals surface area (Å²) in [5, 5.41) is 3.19. The molecule has 0 unspecified atom stereocenters. The molecule has 0 aromatic heterocycles. The number of hydrogen-bond donors (Lipinski definition) is 0. The minimum Gasteiger partial charge on any atom is -0.481 e. The van der Waals surface area contributed by atoms with Gasteiger partial charge in [-0.3, -0.25) is 0 Å². The molecule has 6 heteroatoms. The second-order valence-corrected chi connectivity index (χ2v) is 9.30. The molecule has 0 atom stereocenters. The Labute approximate surface area is 233 Å². The van der Waals surface area contributed by atoms with Gasteiger partial charge in [-0.2, -0.15) is 0 Å². The number of benzene rings is 5. The topological polar surface area (TPSA) is 71.1 Å². The quantitative estimate of drug-likeness (QED) is 0.101. The highest BCUT2D eigenvalue weighted by Gasteiger charge is 2.21. The molecule has 5 aromatic carbocycles. The van der Waals surface area contributed by atoms with Gasteiger partial charge >= 0.3 is 11.9 Å². The Bertz CT molecular complexity index is 1610. The molecular weight excluding hydrogens is 504 g/mol. The molecule has 0 N–H and O–H groups in total. The van der Waals surface area contributed by atoms with Crippen molar-refractivity contribution in [1.82, 2.24) is 0 Å². The third kappa shape index (κ3) is 6.24. The van der Waals surface area contributed by atoms with Crippen LogP contribution in [0.15, 0.2) is 103 Å². The van der Waals surface area contributed by atoms with Crippen molar-refractivity contribution in [2.45, 2.75) is 26.2 Å². The largest absolute Gasteiger partial charge is 0.481 e. The lowest BCUT2D eigenvalue weighted by Crippen LogP contribution is -2.19. The van der Waals surface area contributed by atoms with Crippen LogP contribution >= 0.6 is 0 Å². The molecule has 0 radical (unpaired) electrons. The summed E-state index contributed by atoms with van der Waals surface area (Å²) in [7, 11) is 0. The number of esters is 2. The molecule has 5 aromatic rings. The minimum atomic E-state index is -0.505. The van der Waals surface area contributed by atoms with Crippen molar-refractivity contribution >= 4 is 33.5 Å². The van der Waals surface area contributed by atoms with Crippen LogP contribution in [-0.4, -0.2) is 25.2 Å². The Kier molecular flexibility index (Phi) is 8.57. The fourth-order valence-corrected chi connectivity index (χ4v) is 4.66. The molecule has 6 nitrogen and oxygen atoms in total. The van der Waals surface area contributed by atoms with Crippen molar-refractivity contribution in [3.63, 3.8) is 0 Å². The second kappa shape index (κ2) is 12.8. The number of aryl methyl sites for hydroxylation is 1. The van der Waals surface area contributed by atoms with Crippen LogP contribution in [-0.2, 0) is 16.0 Å². The number of rotatable bonds is 11. The molecule has 0 spiro atoms. The average Bonchev–Trinajstić information content (AvgIpc) is 2.98. The maximum atomic E-state index is 12.7. The zero-order valence-corrected chi connectivity index (χ0v) is 22.3. The Morgan fingerprint density at radius 1 is 0.575 bits per heavy atom. The van der Waals surface area contributed by atoms with Gasteiger partial charge in [-0.1, -0.05) is 92.2 Å². The first-order valence-corrected chi connectivity index (χ1v) is 13.4. The van der Waals surface area contributed by atoms with Crippen LogP contribution in [0.2, 0.25) is 0 Å². The van der Waals surface area contributed by atoms with Gasteiger partial charge in [0.2, 0.25) is 0 Å². The van der Waals surface area contributed by atoms with Crippen molar-refractivity contribution in [3.05, 3.63) is 109 Å². The zero-order chi connectivity index (χ0) is 27.7. The predicted molar refractivity (Wildman–Crippen MR) is 155 cm³/mol. The van der Waals surface area contributed by atoms with E-state index in [0.29, 0.717) is 23.0 Å². The summed E-state index contributed by atoms with van der Waals surface area (Å²) >= 11 is 0. The Morgan fingerprint density at radius 3 is 1.65 bits per heavy atom. The minimum absolute atomic E-state index is 0.264. The SMILES string of the molecule is CCCCc1cccc2c(OCC(=O)Oc3ccccc3)c3ccccc3c(OCC(=O)Oc3ccccc3)c12. The van der Waals surface area contributed by atoms with Gasteiger partial charge in [0.25, 0.3) is 0 Å². The molecule has 0 aliphatic rings.